The van der Waals surface area contributed by atoms with Gasteiger partial charge in [0, 0.05) is 39.5 Å². The van der Waals surface area contributed by atoms with E-state index >= 15 is 0 Å². The second kappa shape index (κ2) is 6.66. The van der Waals surface area contributed by atoms with Crippen molar-refractivity contribution < 1.29 is 19.4 Å². The molecule has 0 bridgehead atoms. The summed E-state index contributed by atoms with van der Waals surface area (Å²) < 4.78 is 9.89. The first-order valence-corrected chi connectivity index (χ1v) is 5.38. The van der Waals surface area contributed by atoms with Crippen LogP contribution in [0.3, 0.4) is 0 Å². The average Bonchev–Trinajstić information content (AvgIpc) is 2.33. The highest BCUT2D eigenvalue weighted by atomic mass is 16.7. The van der Waals surface area contributed by atoms with Gasteiger partial charge in [-0.15, -0.1) is 0 Å². The lowest BCUT2D eigenvalue weighted by Gasteiger charge is -2.07. The minimum atomic E-state index is -0.264. The Hall–Kier alpha value is -2.01. The van der Waals surface area contributed by atoms with Crippen molar-refractivity contribution in [2.24, 2.45) is 0 Å². The first-order valence-electron chi connectivity index (χ1n) is 5.38. The van der Waals surface area contributed by atoms with Gasteiger partial charge in [-0.1, -0.05) is 0 Å². The van der Waals surface area contributed by atoms with E-state index in [1.165, 1.54) is 25.3 Å². The topological polar surface area (TPSA) is 59.0 Å². The molecule has 5 nitrogen and oxygen atoms in total. The van der Waals surface area contributed by atoms with E-state index in [0.29, 0.717) is 5.75 Å². The van der Waals surface area contributed by atoms with Gasteiger partial charge in [-0.2, -0.15) is 0 Å². The molecule has 0 aromatic heterocycles. The molecule has 1 rings (SSSR count). The highest BCUT2D eigenvalue weighted by Crippen LogP contribution is 2.24. The van der Waals surface area contributed by atoms with Gasteiger partial charge in [0.1, 0.15) is 11.5 Å². The van der Waals surface area contributed by atoms with Crippen LogP contribution in [0.25, 0.3) is 0 Å². The quantitative estimate of drug-likeness (QED) is 0.473. The summed E-state index contributed by atoms with van der Waals surface area (Å²) in [4.78, 5) is 13.5. The van der Waals surface area contributed by atoms with Crippen LogP contribution in [0.4, 0.5) is 0 Å². The van der Waals surface area contributed by atoms with E-state index in [0.717, 1.165) is 0 Å². The summed E-state index contributed by atoms with van der Waals surface area (Å²) in [7, 11) is 5.13. The predicted molar refractivity (Wildman–Crippen MR) is 67.8 cm³/mol. The number of benzene rings is 1. The van der Waals surface area contributed by atoms with Crippen molar-refractivity contribution in [1.82, 2.24) is 4.90 Å². The molecule has 18 heavy (non-hydrogen) atoms. The molecule has 0 unspecified atom stereocenters. The van der Waals surface area contributed by atoms with Crippen LogP contribution in [0, 0.1) is 0 Å². The Balaban J connectivity index is 2.81. The summed E-state index contributed by atoms with van der Waals surface area (Å²) in [6, 6.07) is 4.51. The number of ketones is 1. The van der Waals surface area contributed by atoms with E-state index in [-0.39, 0.29) is 23.9 Å². The van der Waals surface area contributed by atoms with E-state index in [1.807, 2.05) is 14.1 Å². The number of phenolic OH excluding ortho intramolecular Hbond substituents is 1. The number of hydrogen-bond acceptors (Lipinski definition) is 5. The molecule has 1 aromatic carbocycles. The highest BCUT2D eigenvalue weighted by molar-refractivity contribution is 6.06. The number of ether oxygens (including phenoxy) is 2. The fourth-order valence-corrected chi connectivity index (χ4v) is 1.24. The lowest BCUT2D eigenvalue weighted by molar-refractivity contribution is 0.0510. The van der Waals surface area contributed by atoms with Crippen LogP contribution >= 0.6 is 0 Å². The Morgan fingerprint density at radius 3 is 2.72 bits per heavy atom. The lowest BCUT2D eigenvalue weighted by atomic mass is 10.1. The Kier molecular flexibility index (Phi) is 5.20. The van der Waals surface area contributed by atoms with Gasteiger partial charge in [0.15, 0.2) is 12.6 Å². The number of methoxy groups -OCH3 is 1. The number of carbonyl (C=O) groups excluding carboxylic acids is 1. The molecule has 0 aliphatic rings. The second-order valence-electron chi connectivity index (χ2n) is 3.87. The van der Waals surface area contributed by atoms with E-state index < -0.39 is 0 Å². The third kappa shape index (κ3) is 4.10. The molecular weight excluding hydrogens is 234 g/mol. The predicted octanol–water partition coefficient (Wildman–Crippen LogP) is 1.63. The zero-order chi connectivity index (χ0) is 13.5. The number of aromatic hydroxyl groups is 1. The normalized spacial score (nSPS) is 10.6. The van der Waals surface area contributed by atoms with Crippen LogP contribution in [0.5, 0.6) is 11.5 Å². The Morgan fingerprint density at radius 2 is 2.17 bits per heavy atom. The Labute approximate surface area is 106 Å². The summed E-state index contributed by atoms with van der Waals surface area (Å²) in [6.07, 6.45) is 3.02. The minimum Gasteiger partial charge on any atom is -0.507 e. The molecule has 98 valence electrons. The molecule has 0 spiro atoms. The molecule has 0 aliphatic heterocycles. The Bertz CT molecular complexity index is 441. The maximum Gasteiger partial charge on any atom is 0.190 e. The summed E-state index contributed by atoms with van der Waals surface area (Å²) in [5.41, 5.74) is 0.234. The van der Waals surface area contributed by atoms with Crippen LogP contribution in [0.15, 0.2) is 30.5 Å². The second-order valence-corrected chi connectivity index (χ2v) is 3.87. The zero-order valence-electron chi connectivity index (χ0n) is 10.7. The summed E-state index contributed by atoms with van der Waals surface area (Å²) in [5, 5.41) is 9.74. The molecule has 0 saturated carbocycles. The highest BCUT2D eigenvalue weighted by Gasteiger charge is 2.09. The zero-order valence-corrected chi connectivity index (χ0v) is 10.7. The van der Waals surface area contributed by atoms with Crippen LogP contribution in [-0.2, 0) is 4.74 Å². The lowest BCUT2D eigenvalue weighted by Crippen LogP contribution is -2.04. The standard InChI is InChI=1S/C13H17NO4/c1-14(2)7-6-12(15)11-5-4-10(8-13(11)16)18-9-17-3/h4-8,16H,9H2,1-3H3/b7-6+. The molecule has 1 aromatic rings. The number of hydrogen-bond donors (Lipinski definition) is 1. The molecule has 0 heterocycles. The number of phenols is 1. The molecule has 1 N–H and O–H groups in total. The van der Waals surface area contributed by atoms with Crippen LogP contribution in [0.2, 0.25) is 0 Å². The van der Waals surface area contributed by atoms with E-state index in [4.69, 9.17) is 9.47 Å². The van der Waals surface area contributed by atoms with E-state index in [9.17, 15) is 9.90 Å². The van der Waals surface area contributed by atoms with E-state index in [2.05, 4.69) is 0 Å². The maximum absolute atomic E-state index is 11.8. The maximum atomic E-state index is 11.8. The largest absolute Gasteiger partial charge is 0.507 e. The summed E-state index contributed by atoms with van der Waals surface area (Å²) in [6.45, 7) is 0.0905. The molecular formula is C13H17NO4. The van der Waals surface area contributed by atoms with Gasteiger partial charge in [0.2, 0.25) is 0 Å². The summed E-state index contributed by atoms with van der Waals surface area (Å²) in [5.74, 6) is 0.0685. The van der Waals surface area contributed by atoms with Crippen molar-refractivity contribution in [3.63, 3.8) is 0 Å². The third-order valence-corrected chi connectivity index (χ3v) is 2.10. The smallest absolute Gasteiger partial charge is 0.190 e. The number of nitrogens with zero attached hydrogens (tertiary/aromatic N) is 1. The van der Waals surface area contributed by atoms with Crippen LogP contribution < -0.4 is 4.74 Å². The van der Waals surface area contributed by atoms with Gasteiger partial charge in [-0.05, 0) is 12.1 Å². The molecule has 5 heteroatoms. The van der Waals surface area contributed by atoms with Gasteiger partial charge < -0.3 is 19.5 Å². The minimum absolute atomic E-state index is 0.0905. The van der Waals surface area contributed by atoms with Crippen molar-refractivity contribution in [2.45, 2.75) is 0 Å². The van der Waals surface area contributed by atoms with Gasteiger partial charge in [0.25, 0.3) is 0 Å². The van der Waals surface area contributed by atoms with E-state index in [1.54, 1.807) is 17.2 Å². The van der Waals surface area contributed by atoms with Gasteiger partial charge in [-0.25, -0.2) is 0 Å². The van der Waals surface area contributed by atoms with Crippen molar-refractivity contribution in [3.8, 4) is 11.5 Å². The number of carbonyl (C=O) groups is 1. The fourth-order valence-electron chi connectivity index (χ4n) is 1.24. The molecule has 0 fully saturated rings. The number of rotatable bonds is 6. The molecule has 0 amide bonds. The van der Waals surface area contributed by atoms with Gasteiger partial charge >= 0.3 is 0 Å². The molecule has 0 atom stereocenters. The monoisotopic (exact) mass is 251 g/mol. The average molecular weight is 251 g/mol. The molecule has 0 aliphatic carbocycles. The SMILES string of the molecule is COCOc1ccc(C(=O)/C=C/N(C)C)c(O)c1. The van der Waals surface area contributed by atoms with Crippen molar-refractivity contribution in [3.05, 3.63) is 36.0 Å². The van der Waals surface area contributed by atoms with Crippen LogP contribution in [-0.4, -0.2) is 43.8 Å². The molecule has 0 radical (unpaired) electrons. The number of allylic oxidation sites excluding steroid dienone is 1. The first-order chi connectivity index (χ1) is 8.54. The van der Waals surface area contributed by atoms with Gasteiger partial charge in [0.05, 0.1) is 5.56 Å². The van der Waals surface area contributed by atoms with Gasteiger partial charge in [-0.3, -0.25) is 4.79 Å². The Morgan fingerprint density at radius 1 is 1.44 bits per heavy atom. The van der Waals surface area contributed by atoms with Crippen molar-refractivity contribution >= 4 is 5.78 Å². The first kappa shape index (κ1) is 14.1. The van der Waals surface area contributed by atoms with Crippen molar-refractivity contribution in [1.29, 1.82) is 0 Å². The third-order valence-electron chi connectivity index (χ3n) is 2.10. The fraction of sp³-hybridized carbons (Fsp3) is 0.308. The van der Waals surface area contributed by atoms with Crippen molar-refractivity contribution in [2.75, 3.05) is 28.0 Å². The molecule has 0 saturated heterocycles. The summed E-state index contributed by atoms with van der Waals surface area (Å²) >= 11 is 0. The van der Waals surface area contributed by atoms with Crippen LogP contribution in [0.1, 0.15) is 10.4 Å².